The molecule has 70 valence electrons. The van der Waals surface area contributed by atoms with Crippen LogP contribution in [-0.4, -0.2) is 64.1 Å². The Balaban J connectivity index is -0.0000000383. The molecule has 11 heavy (non-hydrogen) atoms. The van der Waals surface area contributed by atoms with Crippen LogP contribution < -0.4 is 0 Å². The fourth-order valence-electron chi connectivity index (χ4n) is 0. The highest BCUT2D eigenvalue weighted by Gasteiger charge is 2.00. The molecule has 0 aliphatic heterocycles. The van der Waals surface area contributed by atoms with E-state index < -0.39 is 16.4 Å². The monoisotopic (exact) mass is 240 g/mol. The van der Waals surface area contributed by atoms with Crippen molar-refractivity contribution in [1.29, 1.82) is 0 Å². The lowest BCUT2D eigenvalue weighted by Gasteiger charge is -1.82. The van der Waals surface area contributed by atoms with Crippen LogP contribution in [0.5, 0.6) is 0 Å². The van der Waals surface area contributed by atoms with E-state index in [1.165, 1.54) is 0 Å². The van der Waals surface area contributed by atoms with Gasteiger partial charge in [0.25, 0.3) is 0 Å². The van der Waals surface area contributed by atoms with Crippen LogP contribution in [0.15, 0.2) is 0 Å². The predicted molar refractivity (Wildman–Crippen MR) is 47.7 cm³/mol. The average molecular weight is 240 g/mol. The molecule has 0 aliphatic carbocycles. The molecule has 0 amide bonds. The summed E-state index contributed by atoms with van der Waals surface area (Å²) in [7, 11) is -7.26. The molecule has 0 spiro atoms. The van der Waals surface area contributed by atoms with Crippen LogP contribution in [-0.2, 0) is 4.57 Å². The van der Waals surface area contributed by atoms with Gasteiger partial charge in [0.05, 0.1) is 0 Å². The maximum Gasteiger partial charge on any atom is 0.466 e. The molecule has 0 unspecified atom stereocenters. The van der Waals surface area contributed by atoms with Crippen molar-refractivity contribution in [3.8, 4) is 0 Å². The van der Waals surface area contributed by atoms with E-state index >= 15 is 0 Å². The lowest BCUT2D eigenvalue weighted by molar-refractivity contribution is 0.275. The molecule has 7 nitrogen and oxygen atoms in total. The Hall–Kier alpha value is 1.48. The highest BCUT2D eigenvalue weighted by atomic mass is 31.2. The van der Waals surface area contributed by atoms with E-state index in [0.29, 0.717) is 0 Å². The quantitative estimate of drug-likeness (QED) is 0.187. The van der Waals surface area contributed by atoms with Crippen molar-refractivity contribution in [1.82, 2.24) is 0 Å². The predicted octanol–water partition coefficient (Wildman–Crippen LogP) is -4.11. The zero-order chi connectivity index (χ0) is 8.08. The zero-order valence-electron chi connectivity index (χ0n) is 3.99. The molecule has 11 heteroatoms. The fraction of sp³-hybridized carbons (Fsp3) is 0. The van der Waals surface area contributed by atoms with Gasteiger partial charge in [-0.1, -0.05) is 0 Å². The van der Waals surface area contributed by atoms with E-state index in [1.54, 1.807) is 0 Å². The first-order valence-corrected chi connectivity index (χ1v) is 4.15. The van der Waals surface area contributed by atoms with Crippen LogP contribution in [0.4, 0.5) is 0 Å². The van der Waals surface area contributed by atoms with E-state index in [2.05, 4.69) is 0 Å². The lowest BCUT2D eigenvalue weighted by Crippen LogP contribution is -1.66. The van der Waals surface area contributed by atoms with Gasteiger partial charge in [-0.25, -0.2) is 4.57 Å². The van der Waals surface area contributed by atoms with Crippen molar-refractivity contribution in [3.05, 3.63) is 0 Å². The molecular formula is H12Al2O7P2. The maximum absolute atomic E-state index is 8.88. The molecule has 0 saturated heterocycles. The van der Waals surface area contributed by atoms with Crippen molar-refractivity contribution < 1.29 is 33.9 Å². The smallest absolute Gasteiger partial charge is 0.328 e. The minimum absolute atomic E-state index is 0. The van der Waals surface area contributed by atoms with Gasteiger partial charge in [0, 0.05) is 0 Å². The Bertz CT molecular complexity index is 85.6. The zero-order valence-corrected chi connectivity index (χ0v) is 5.77. The van der Waals surface area contributed by atoms with Gasteiger partial charge in [-0.15, -0.1) is 0 Å². The Morgan fingerprint density at radius 2 is 0.909 bits per heavy atom. The van der Waals surface area contributed by atoms with Gasteiger partial charge < -0.3 is 29.4 Å². The third-order valence-electron chi connectivity index (χ3n) is 0. The van der Waals surface area contributed by atoms with Crippen molar-refractivity contribution >= 4 is 51.1 Å². The van der Waals surface area contributed by atoms with E-state index in [-0.39, 0.29) is 34.7 Å². The van der Waals surface area contributed by atoms with Crippen LogP contribution in [0.25, 0.3) is 0 Å². The van der Waals surface area contributed by atoms with Gasteiger partial charge in [0.15, 0.2) is 34.7 Å². The Morgan fingerprint density at radius 1 is 0.909 bits per heavy atom. The normalized spacial score (nSPS) is 8.64. The van der Waals surface area contributed by atoms with Crippen LogP contribution in [0, 0.1) is 0 Å². The van der Waals surface area contributed by atoms with Gasteiger partial charge in [-0.3, -0.25) is 0 Å². The summed E-state index contributed by atoms with van der Waals surface area (Å²) in [4.78, 5) is 43.3. The lowest BCUT2D eigenvalue weighted by atomic mass is 15.8. The molecule has 0 rings (SSSR count). The number of rotatable bonds is 0. The summed E-state index contributed by atoms with van der Waals surface area (Å²) >= 11 is 0. The van der Waals surface area contributed by atoms with Gasteiger partial charge in [-0.05, 0) is 0 Å². The summed E-state index contributed by atoms with van der Waals surface area (Å²) in [6, 6.07) is 0. The maximum atomic E-state index is 8.88. The molecule has 0 aromatic carbocycles. The largest absolute Gasteiger partial charge is 0.466 e. The number of phosphoric acid groups is 1. The summed E-state index contributed by atoms with van der Waals surface area (Å²) in [6.45, 7) is 0. The number of hydrogen-bond acceptors (Lipinski definition) is 4. The second-order valence-electron chi connectivity index (χ2n) is 0.782. The SMILES string of the molecule is O=P(O)(O)O.OP(O)O.[AlH3].[AlH3]. The van der Waals surface area contributed by atoms with Gasteiger partial charge in [0.2, 0.25) is 0 Å². The van der Waals surface area contributed by atoms with Crippen molar-refractivity contribution in [3.63, 3.8) is 0 Å². The molecule has 0 fully saturated rings. The third kappa shape index (κ3) is 469. The molecule has 0 atom stereocenters. The minimum Gasteiger partial charge on any atom is -0.328 e. The fourth-order valence-corrected chi connectivity index (χ4v) is 0. The summed E-state index contributed by atoms with van der Waals surface area (Å²) in [5.41, 5.74) is 0. The first-order valence-electron chi connectivity index (χ1n) is 1.38. The molecule has 0 saturated carbocycles. The van der Waals surface area contributed by atoms with Crippen LogP contribution in [0.1, 0.15) is 0 Å². The summed E-state index contributed by atoms with van der Waals surface area (Å²) in [5, 5.41) is 0. The summed E-state index contributed by atoms with van der Waals surface area (Å²) in [5.74, 6) is 0. The van der Waals surface area contributed by atoms with Gasteiger partial charge >= 0.3 is 16.4 Å². The molecule has 0 radical (unpaired) electrons. The molecule has 0 heterocycles. The van der Waals surface area contributed by atoms with E-state index in [1.807, 2.05) is 0 Å². The topological polar surface area (TPSA) is 138 Å². The van der Waals surface area contributed by atoms with Crippen LogP contribution >= 0.6 is 16.4 Å². The van der Waals surface area contributed by atoms with Crippen molar-refractivity contribution in [2.45, 2.75) is 0 Å². The molecule has 0 bridgehead atoms. The molecule has 0 aliphatic rings. The Kier molecular flexibility index (Phi) is 23.9. The average Bonchev–Trinajstić information content (AvgIpc) is 1.19. The summed E-state index contributed by atoms with van der Waals surface area (Å²) < 4.78 is 8.88. The van der Waals surface area contributed by atoms with Crippen molar-refractivity contribution in [2.75, 3.05) is 0 Å². The van der Waals surface area contributed by atoms with Crippen molar-refractivity contribution in [2.24, 2.45) is 0 Å². The second-order valence-corrected chi connectivity index (χ2v) is 2.34. The van der Waals surface area contributed by atoms with Gasteiger partial charge in [0.1, 0.15) is 0 Å². The van der Waals surface area contributed by atoms with E-state index in [4.69, 9.17) is 33.9 Å². The van der Waals surface area contributed by atoms with Crippen LogP contribution in [0.3, 0.4) is 0 Å². The van der Waals surface area contributed by atoms with Gasteiger partial charge in [-0.2, -0.15) is 0 Å². The molecule has 0 aromatic rings. The third-order valence-corrected chi connectivity index (χ3v) is 0. The van der Waals surface area contributed by atoms with Crippen LogP contribution in [0.2, 0.25) is 0 Å². The first-order chi connectivity index (χ1) is 3.73. The Morgan fingerprint density at radius 3 is 0.909 bits per heavy atom. The second kappa shape index (κ2) is 11.5. The first kappa shape index (κ1) is 22.9. The number of hydrogen-bond donors (Lipinski definition) is 6. The highest BCUT2D eigenvalue weighted by Crippen LogP contribution is 2.25. The molecule has 0 aromatic heterocycles. The molecular weight excluding hydrogens is 228 g/mol. The summed E-state index contributed by atoms with van der Waals surface area (Å²) in [6.07, 6.45) is 0. The van der Waals surface area contributed by atoms with E-state index in [9.17, 15) is 0 Å². The van der Waals surface area contributed by atoms with E-state index in [0.717, 1.165) is 0 Å². The Labute approximate surface area is 85.2 Å². The standard InChI is InChI=1S/2Al.H3O4P.H3O3P.6H/c;;1-5(2,3)4;1-4(2)3;;;;;;/h;;(H3,1,2,3,4);1-3H;;;;;;. The highest BCUT2D eigenvalue weighted by molar-refractivity contribution is 7.45. The minimum atomic E-state index is -4.64. The molecule has 6 N–H and O–H groups in total.